The minimum absolute atomic E-state index is 0.142. The zero-order valence-electron chi connectivity index (χ0n) is 14.4. The molecule has 4 aromatic rings. The number of rotatable bonds is 3. The van der Waals surface area contributed by atoms with Crippen LogP contribution in [-0.4, -0.2) is 25.1 Å². The van der Waals surface area contributed by atoms with E-state index in [2.05, 4.69) is 20.5 Å². The first-order chi connectivity index (χ1) is 13.7. The Morgan fingerprint density at radius 3 is 2.64 bits per heavy atom. The third-order valence-electron chi connectivity index (χ3n) is 4.57. The highest BCUT2D eigenvalue weighted by molar-refractivity contribution is 6.30. The second kappa shape index (κ2) is 6.81. The normalized spacial score (nSPS) is 16.1. The van der Waals surface area contributed by atoms with Crippen LogP contribution in [0.4, 0.5) is 4.39 Å². The molecule has 9 heteroatoms. The fourth-order valence-electron chi connectivity index (χ4n) is 3.09. The molecule has 7 nitrogen and oxygen atoms in total. The molecule has 3 heterocycles. The van der Waals surface area contributed by atoms with Crippen molar-refractivity contribution in [3.8, 4) is 23.0 Å². The van der Waals surface area contributed by atoms with E-state index in [-0.39, 0.29) is 17.8 Å². The average Bonchev–Trinajstić information content (AvgIpc) is 3.35. The van der Waals surface area contributed by atoms with Gasteiger partial charge in [-0.05, 0) is 42.0 Å². The van der Waals surface area contributed by atoms with Crippen molar-refractivity contribution in [3.63, 3.8) is 0 Å². The first-order valence-electron chi connectivity index (χ1n) is 8.57. The van der Waals surface area contributed by atoms with E-state index in [0.717, 1.165) is 11.3 Å². The zero-order chi connectivity index (χ0) is 19.1. The summed E-state index contributed by atoms with van der Waals surface area (Å²) in [4.78, 5) is 4.36. The molecule has 140 valence electrons. The Balaban J connectivity index is 1.41. The van der Waals surface area contributed by atoms with Gasteiger partial charge in [-0.1, -0.05) is 34.1 Å². The highest BCUT2D eigenvalue weighted by atomic mass is 35.5. The molecular formula is C19H13ClFN5O2. The Bertz CT molecular complexity index is 1120. The highest BCUT2D eigenvalue weighted by Crippen LogP contribution is 2.31. The van der Waals surface area contributed by atoms with Crippen LogP contribution in [0.5, 0.6) is 0 Å². The molecule has 0 fully saturated rings. The van der Waals surface area contributed by atoms with Crippen molar-refractivity contribution in [3.05, 3.63) is 70.6 Å². The number of hydrogen-bond acceptors (Lipinski definition) is 6. The summed E-state index contributed by atoms with van der Waals surface area (Å²) in [7, 11) is 0. The van der Waals surface area contributed by atoms with E-state index in [1.54, 1.807) is 16.8 Å². The summed E-state index contributed by atoms with van der Waals surface area (Å²) in [6.07, 6.45) is -0.142. The van der Waals surface area contributed by atoms with Crippen LogP contribution in [0.1, 0.15) is 17.4 Å². The number of halogens is 2. The Kier molecular flexibility index (Phi) is 4.14. The summed E-state index contributed by atoms with van der Waals surface area (Å²) < 4.78 is 26.2. The molecule has 0 unspecified atom stereocenters. The van der Waals surface area contributed by atoms with Gasteiger partial charge in [-0.3, -0.25) is 0 Å². The Hall–Kier alpha value is -3.10. The van der Waals surface area contributed by atoms with Gasteiger partial charge < -0.3 is 9.26 Å². The van der Waals surface area contributed by atoms with E-state index in [4.69, 9.17) is 20.9 Å². The second-order valence-electron chi connectivity index (χ2n) is 6.35. The van der Waals surface area contributed by atoms with E-state index < -0.39 is 0 Å². The monoisotopic (exact) mass is 397 g/mol. The molecule has 1 aliphatic rings. The Morgan fingerprint density at radius 1 is 1.07 bits per heavy atom. The first kappa shape index (κ1) is 17.0. The maximum absolute atomic E-state index is 13.1. The van der Waals surface area contributed by atoms with Gasteiger partial charge in [-0.2, -0.15) is 4.98 Å². The van der Waals surface area contributed by atoms with E-state index >= 15 is 0 Å². The van der Waals surface area contributed by atoms with Gasteiger partial charge in [-0.25, -0.2) is 9.07 Å². The number of aromatic nitrogens is 5. The molecule has 0 amide bonds. The molecule has 2 aromatic heterocycles. The molecule has 0 radical (unpaired) electrons. The summed E-state index contributed by atoms with van der Waals surface area (Å²) in [5.74, 6) is 0.272. The van der Waals surface area contributed by atoms with Gasteiger partial charge in [0.1, 0.15) is 11.9 Å². The average molecular weight is 398 g/mol. The van der Waals surface area contributed by atoms with Crippen molar-refractivity contribution >= 4 is 11.6 Å². The van der Waals surface area contributed by atoms with Crippen LogP contribution >= 0.6 is 11.6 Å². The van der Waals surface area contributed by atoms with Crippen LogP contribution in [0.2, 0.25) is 5.02 Å². The number of ether oxygens (including phenoxy) is 1. The molecule has 1 aliphatic heterocycles. The third-order valence-corrected chi connectivity index (χ3v) is 4.82. The van der Waals surface area contributed by atoms with Crippen LogP contribution in [0, 0.1) is 5.82 Å². The van der Waals surface area contributed by atoms with Crippen molar-refractivity contribution in [1.82, 2.24) is 25.1 Å². The minimum atomic E-state index is -0.327. The molecule has 0 bridgehead atoms. The largest absolute Gasteiger partial charge is 0.365 e. The summed E-state index contributed by atoms with van der Waals surface area (Å²) in [6, 6.07) is 13.4. The highest BCUT2D eigenvalue weighted by Gasteiger charge is 2.28. The number of benzene rings is 2. The molecule has 0 saturated heterocycles. The van der Waals surface area contributed by atoms with Crippen LogP contribution in [0.3, 0.4) is 0 Å². The van der Waals surface area contributed by atoms with Gasteiger partial charge in [-0.15, -0.1) is 5.10 Å². The second-order valence-corrected chi connectivity index (χ2v) is 6.78. The molecule has 2 aromatic carbocycles. The van der Waals surface area contributed by atoms with Gasteiger partial charge in [0.15, 0.2) is 5.69 Å². The quantitative estimate of drug-likeness (QED) is 0.518. The fourth-order valence-corrected chi connectivity index (χ4v) is 3.22. The fraction of sp³-hybridized carbons (Fsp3) is 0.158. The molecule has 0 saturated carbocycles. The van der Waals surface area contributed by atoms with Crippen LogP contribution in [0.15, 0.2) is 53.1 Å². The van der Waals surface area contributed by atoms with E-state index in [0.29, 0.717) is 35.3 Å². The standard InChI is InChI=1S/C19H13ClFN5O2/c20-13-5-1-11(2-6-13)16-9-26-15(10-27-16)17(23-25-26)19-22-18(24-28-19)12-3-7-14(21)8-4-12/h1-8,16H,9-10H2/t16-/m0/s1. The van der Waals surface area contributed by atoms with Crippen molar-refractivity contribution in [2.75, 3.05) is 0 Å². The van der Waals surface area contributed by atoms with Gasteiger partial charge in [0, 0.05) is 10.6 Å². The summed E-state index contributed by atoms with van der Waals surface area (Å²) >= 11 is 5.95. The van der Waals surface area contributed by atoms with Crippen molar-refractivity contribution in [2.24, 2.45) is 0 Å². The van der Waals surface area contributed by atoms with Gasteiger partial charge in [0.05, 0.1) is 18.8 Å². The summed E-state index contributed by atoms with van der Waals surface area (Å²) in [6.45, 7) is 0.826. The lowest BCUT2D eigenvalue weighted by Crippen LogP contribution is -2.22. The topological polar surface area (TPSA) is 78.9 Å². The van der Waals surface area contributed by atoms with Gasteiger partial charge in [0.25, 0.3) is 5.89 Å². The summed E-state index contributed by atoms with van der Waals surface area (Å²) in [5.41, 5.74) is 2.91. The Morgan fingerprint density at radius 2 is 1.86 bits per heavy atom. The van der Waals surface area contributed by atoms with Crippen LogP contribution < -0.4 is 0 Å². The maximum Gasteiger partial charge on any atom is 0.280 e. The SMILES string of the molecule is Fc1ccc(-c2noc(-c3nnn4c3CO[C@H](c3ccc(Cl)cc3)C4)n2)cc1. The molecule has 0 N–H and O–H groups in total. The smallest absolute Gasteiger partial charge is 0.280 e. The first-order valence-corrected chi connectivity index (χ1v) is 8.94. The lowest BCUT2D eigenvalue weighted by molar-refractivity contribution is -0.00117. The van der Waals surface area contributed by atoms with Crippen molar-refractivity contribution in [2.45, 2.75) is 19.3 Å². The van der Waals surface area contributed by atoms with E-state index in [9.17, 15) is 4.39 Å². The van der Waals surface area contributed by atoms with Gasteiger partial charge >= 0.3 is 0 Å². The zero-order valence-corrected chi connectivity index (χ0v) is 15.2. The number of fused-ring (bicyclic) bond motifs is 1. The molecule has 0 aliphatic carbocycles. The molecular weight excluding hydrogens is 385 g/mol. The number of hydrogen-bond donors (Lipinski definition) is 0. The van der Waals surface area contributed by atoms with Crippen LogP contribution in [0.25, 0.3) is 23.0 Å². The van der Waals surface area contributed by atoms with Gasteiger partial charge in [0.2, 0.25) is 5.82 Å². The van der Waals surface area contributed by atoms with E-state index in [1.165, 1.54) is 12.1 Å². The van der Waals surface area contributed by atoms with Crippen molar-refractivity contribution in [1.29, 1.82) is 0 Å². The third kappa shape index (κ3) is 3.06. The molecule has 5 rings (SSSR count). The summed E-state index contributed by atoms with van der Waals surface area (Å²) in [5, 5.41) is 13.0. The predicted molar refractivity (Wildman–Crippen MR) is 97.7 cm³/mol. The van der Waals surface area contributed by atoms with Crippen molar-refractivity contribution < 1.29 is 13.7 Å². The van der Waals surface area contributed by atoms with Crippen LogP contribution in [-0.2, 0) is 17.9 Å². The molecule has 0 spiro atoms. The Labute approximate surface area is 163 Å². The van der Waals surface area contributed by atoms with E-state index in [1.807, 2.05) is 24.3 Å². The predicted octanol–water partition coefficient (Wildman–Crippen LogP) is 4.06. The number of nitrogens with zero attached hydrogens (tertiary/aromatic N) is 5. The maximum atomic E-state index is 13.1. The molecule has 1 atom stereocenters. The lowest BCUT2D eigenvalue weighted by atomic mass is 10.1. The molecule has 28 heavy (non-hydrogen) atoms. The minimum Gasteiger partial charge on any atom is -0.365 e. The lowest BCUT2D eigenvalue weighted by Gasteiger charge is -2.24.